The maximum Gasteiger partial charge on any atom is 0.129 e. The van der Waals surface area contributed by atoms with E-state index < -0.39 is 0 Å². The lowest BCUT2D eigenvalue weighted by molar-refractivity contribution is 0.853. The second-order valence-electron chi connectivity index (χ2n) is 5.90. The van der Waals surface area contributed by atoms with E-state index in [0.29, 0.717) is 16.9 Å². The number of halogens is 1. The van der Waals surface area contributed by atoms with Crippen LogP contribution in [0.4, 0.5) is 5.82 Å². The molecule has 0 aliphatic rings. The number of hydrogen-bond donors (Lipinski definition) is 1. The molecular formula is C19H22ClN3. The van der Waals surface area contributed by atoms with Crippen LogP contribution >= 0.6 is 11.6 Å². The molecule has 0 atom stereocenters. The van der Waals surface area contributed by atoms with Crippen LogP contribution in [0.3, 0.4) is 0 Å². The lowest BCUT2D eigenvalue weighted by Gasteiger charge is -2.09. The van der Waals surface area contributed by atoms with Gasteiger partial charge >= 0.3 is 0 Å². The number of fused-ring (bicyclic) bond motifs is 1. The van der Waals surface area contributed by atoms with Crippen LogP contribution in [0.15, 0.2) is 42.6 Å². The average Bonchev–Trinajstić information content (AvgIpc) is 2.50. The minimum atomic E-state index is 0.528. The van der Waals surface area contributed by atoms with Gasteiger partial charge in [-0.05, 0) is 61.2 Å². The van der Waals surface area contributed by atoms with Crippen molar-refractivity contribution in [3.8, 4) is 0 Å². The first-order chi connectivity index (χ1) is 10.9. The van der Waals surface area contributed by atoms with Crippen molar-refractivity contribution in [2.45, 2.75) is 33.6 Å². The van der Waals surface area contributed by atoms with Gasteiger partial charge in [-0.25, -0.2) is 9.97 Å². The average molecular weight is 328 g/mol. The number of hydrogen-bond acceptors (Lipinski definition) is 3. The molecule has 4 heteroatoms. The summed E-state index contributed by atoms with van der Waals surface area (Å²) in [5, 5.41) is 1.69. The minimum absolute atomic E-state index is 0.528. The fraction of sp³-hybridized carbons (Fsp3) is 0.263. The molecule has 1 aromatic carbocycles. The second-order valence-corrected chi connectivity index (χ2v) is 6.28. The minimum Gasteiger partial charge on any atom is -0.383 e. The van der Waals surface area contributed by atoms with Gasteiger partial charge in [0.25, 0.3) is 0 Å². The number of pyridine rings is 2. The summed E-state index contributed by atoms with van der Waals surface area (Å²) in [6, 6.07) is 11.9. The van der Waals surface area contributed by atoms with E-state index in [4.69, 9.17) is 17.3 Å². The van der Waals surface area contributed by atoms with Crippen LogP contribution in [0.1, 0.15) is 36.5 Å². The van der Waals surface area contributed by atoms with Crippen LogP contribution in [0, 0.1) is 13.8 Å². The molecule has 3 rings (SSSR count). The lowest BCUT2D eigenvalue weighted by Crippen LogP contribution is -1.99. The summed E-state index contributed by atoms with van der Waals surface area (Å²) in [4.78, 5) is 8.18. The van der Waals surface area contributed by atoms with E-state index in [1.54, 1.807) is 6.20 Å². The second kappa shape index (κ2) is 7.42. The molecule has 0 aliphatic heterocycles. The summed E-state index contributed by atoms with van der Waals surface area (Å²) in [6.45, 7) is 8.38. The highest BCUT2D eigenvalue weighted by atomic mass is 35.5. The third-order valence-electron chi connectivity index (χ3n) is 3.72. The predicted octanol–water partition coefficient (Wildman–Crippen LogP) is 5.29. The van der Waals surface area contributed by atoms with E-state index >= 15 is 0 Å². The molecule has 120 valence electrons. The molecule has 2 heterocycles. The van der Waals surface area contributed by atoms with Crippen molar-refractivity contribution in [2.24, 2.45) is 0 Å². The zero-order chi connectivity index (χ0) is 17.0. The fourth-order valence-corrected chi connectivity index (χ4v) is 2.57. The highest BCUT2D eigenvalue weighted by Crippen LogP contribution is 2.20. The van der Waals surface area contributed by atoms with Crippen LogP contribution in [0.2, 0.25) is 5.15 Å². The number of nitrogen functional groups attached to an aromatic ring is 1. The van der Waals surface area contributed by atoms with Gasteiger partial charge in [0.1, 0.15) is 11.0 Å². The zero-order valence-corrected chi connectivity index (χ0v) is 14.7. The van der Waals surface area contributed by atoms with Crippen molar-refractivity contribution in [1.29, 1.82) is 0 Å². The van der Waals surface area contributed by atoms with Crippen LogP contribution in [0.25, 0.3) is 10.9 Å². The summed E-state index contributed by atoms with van der Waals surface area (Å²) in [6.07, 6.45) is 1.76. The first-order valence-corrected chi connectivity index (χ1v) is 8.00. The van der Waals surface area contributed by atoms with Crippen LogP contribution in [-0.2, 0) is 0 Å². The maximum absolute atomic E-state index is 5.75. The van der Waals surface area contributed by atoms with E-state index in [2.05, 4.69) is 36.8 Å². The number of aryl methyl sites for hydroxylation is 1. The van der Waals surface area contributed by atoms with Gasteiger partial charge in [0.2, 0.25) is 0 Å². The number of benzene rings is 1. The lowest BCUT2D eigenvalue weighted by atomic mass is 10.00. The highest BCUT2D eigenvalue weighted by molar-refractivity contribution is 6.29. The summed E-state index contributed by atoms with van der Waals surface area (Å²) in [5.74, 6) is 1.18. The third kappa shape index (κ3) is 4.42. The van der Waals surface area contributed by atoms with E-state index in [1.165, 1.54) is 11.1 Å². The molecular weight excluding hydrogens is 306 g/mol. The SMILES string of the molecule is Cc1c(C(C)C)ccnc1N.Cc1ccc2nc(Cl)ccc2c1. The first-order valence-electron chi connectivity index (χ1n) is 7.62. The molecule has 3 nitrogen and oxygen atoms in total. The topological polar surface area (TPSA) is 51.8 Å². The van der Waals surface area contributed by atoms with Gasteiger partial charge in [0.15, 0.2) is 0 Å². The maximum atomic E-state index is 5.75. The molecule has 0 saturated heterocycles. The Hall–Kier alpha value is -2.13. The van der Waals surface area contributed by atoms with Crippen molar-refractivity contribution in [1.82, 2.24) is 9.97 Å². The zero-order valence-electron chi connectivity index (χ0n) is 14.0. The van der Waals surface area contributed by atoms with Crippen LogP contribution in [-0.4, -0.2) is 9.97 Å². The van der Waals surface area contributed by atoms with E-state index in [-0.39, 0.29) is 0 Å². The normalized spacial score (nSPS) is 10.5. The molecule has 0 radical (unpaired) electrons. The predicted molar refractivity (Wildman–Crippen MR) is 99.0 cm³/mol. The molecule has 2 aromatic heterocycles. The highest BCUT2D eigenvalue weighted by Gasteiger charge is 2.04. The number of anilines is 1. The Balaban J connectivity index is 0.000000168. The Bertz CT molecular complexity index is 772. The summed E-state index contributed by atoms with van der Waals surface area (Å²) in [5.41, 5.74) is 10.2. The van der Waals surface area contributed by atoms with Gasteiger partial charge in [-0.15, -0.1) is 0 Å². The summed E-state index contributed by atoms with van der Waals surface area (Å²) in [7, 11) is 0. The number of rotatable bonds is 1. The number of nitrogens with zero attached hydrogens (tertiary/aromatic N) is 2. The van der Waals surface area contributed by atoms with E-state index in [1.807, 2.05) is 37.3 Å². The van der Waals surface area contributed by atoms with Crippen molar-refractivity contribution < 1.29 is 0 Å². The molecule has 0 amide bonds. The fourth-order valence-electron chi connectivity index (χ4n) is 2.41. The number of nitrogens with two attached hydrogens (primary N) is 1. The summed E-state index contributed by atoms with van der Waals surface area (Å²) < 4.78 is 0. The van der Waals surface area contributed by atoms with Crippen molar-refractivity contribution >= 4 is 28.3 Å². The van der Waals surface area contributed by atoms with Gasteiger partial charge in [-0.3, -0.25) is 0 Å². The Morgan fingerprint density at radius 3 is 2.43 bits per heavy atom. The molecule has 0 fully saturated rings. The smallest absolute Gasteiger partial charge is 0.129 e. The summed E-state index contributed by atoms with van der Waals surface area (Å²) >= 11 is 5.75. The Labute approximate surface area is 142 Å². The molecule has 0 aliphatic carbocycles. The molecule has 3 aromatic rings. The largest absolute Gasteiger partial charge is 0.383 e. The molecule has 23 heavy (non-hydrogen) atoms. The van der Waals surface area contributed by atoms with Gasteiger partial charge in [0, 0.05) is 11.6 Å². The Morgan fingerprint density at radius 1 is 1.04 bits per heavy atom. The molecule has 2 N–H and O–H groups in total. The van der Waals surface area contributed by atoms with Crippen LogP contribution in [0.5, 0.6) is 0 Å². The molecule has 0 spiro atoms. The van der Waals surface area contributed by atoms with E-state index in [0.717, 1.165) is 16.5 Å². The van der Waals surface area contributed by atoms with Gasteiger partial charge in [0.05, 0.1) is 5.52 Å². The molecule has 0 bridgehead atoms. The van der Waals surface area contributed by atoms with Crippen molar-refractivity contribution in [3.05, 3.63) is 64.4 Å². The van der Waals surface area contributed by atoms with Gasteiger partial charge in [-0.1, -0.05) is 37.1 Å². The molecule has 0 saturated carbocycles. The Morgan fingerprint density at radius 2 is 1.78 bits per heavy atom. The van der Waals surface area contributed by atoms with Crippen molar-refractivity contribution in [3.63, 3.8) is 0 Å². The van der Waals surface area contributed by atoms with Gasteiger partial charge in [-0.2, -0.15) is 0 Å². The van der Waals surface area contributed by atoms with E-state index in [9.17, 15) is 0 Å². The standard InChI is InChI=1S/C10H8ClN.C9H14N2/c1-7-2-4-9-8(6-7)3-5-10(11)12-9;1-6(2)8-4-5-11-9(10)7(8)3/h2-6H,1H3;4-6H,1-3H3,(H2,10,11). The van der Waals surface area contributed by atoms with Crippen LogP contribution < -0.4 is 5.73 Å². The third-order valence-corrected chi connectivity index (χ3v) is 3.93. The Kier molecular flexibility index (Phi) is 5.56. The number of aromatic nitrogens is 2. The van der Waals surface area contributed by atoms with Gasteiger partial charge < -0.3 is 5.73 Å². The quantitative estimate of drug-likeness (QED) is 0.617. The van der Waals surface area contributed by atoms with Crippen molar-refractivity contribution in [2.75, 3.05) is 5.73 Å². The molecule has 0 unspecified atom stereocenters. The monoisotopic (exact) mass is 327 g/mol. The first kappa shape index (κ1) is 17.2.